The third kappa shape index (κ3) is 4.12. The summed E-state index contributed by atoms with van der Waals surface area (Å²) in [5.41, 5.74) is 5.06. The van der Waals surface area contributed by atoms with E-state index in [1.54, 1.807) is 12.1 Å². The van der Waals surface area contributed by atoms with Gasteiger partial charge in [-0.15, -0.1) is 0 Å². The lowest BCUT2D eigenvalue weighted by Gasteiger charge is -2.12. The van der Waals surface area contributed by atoms with Crippen molar-refractivity contribution in [2.75, 3.05) is 0 Å². The quantitative estimate of drug-likeness (QED) is 0.412. The monoisotopic (exact) mass is 420 g/mol. The molecule has 0 radical (unpaired) electrons. The molecule has 144 valence electrons. The van der Waals surface area contributed by atoms with Gasteiger partial charge in [-0.25, -0.2) is 4.98 Å². The molecular formula is C24H18Cl2N2O. The van der Waals surface area contributed by atoms with E-state index in [2.05, 4.69) is 5.32 Å². The number of benzene rings is 3. The molecule has 3 nitrogen and oxygen atoms in total. The number of amides is 1. The zero-order chi connectivity index (χ0) is 20.4. The van der Waals surface area contributed by atoms with E-state index < -0.39 is 0 Å². The van der Waals surface area contributed by atoms with Gasteiger partial charge >= 0.3 is 0 Å². The van der Waals surface area contributed by atoms with Crippen molar-refractivity contribution in [2.45, 2.75) is 13.5 Å². The fourth-order valence-corrected chi connectivity index (χ4v) is 3.77. The Morgan fingerprint density at radius 1 is 0.966 bits per heavy atom. The van der Waals surface area contributed by atoms with Gasteiger partial charge in [-0.2, -0.15) is 0 Å². The molecule has 0 unspecified atom stereocenters. The van der Waals surface area contributed by atoms with E-state index >= 15 is 0 Å². The molecule has 1 aromatic heterocycles. The minimum Gasteiger partial charge on any atom is -0.348 e. The number of para-hydroxylation sites is 1. The average molecular weight is 421 g/mol. The number of nitrogens with zero attached hydrogens (tertiary/aromatic N) is 1. The highest BCUT2D eigenvalue weighted by atomic mass is 35.5. The zero-order valence-corrected chi connectivity index (χ0v) is 17.3. The molecule has 5 heteroatoms. The van der Waals surface area contributed by atoms with E-state index in [1.807, 2.05) is 67.6 Å². The summed E-state index contributed by atoms with van der Waals surface area (Å²) in [6, 6.07) is 22.8. The Bertz CT molecular complexity index is 1220. The molecule has 4 rings (SSSR count). The maximum absolute atomic E-state index is 13.1. The number of halogens is 2. The van der Waals surface area contributed by atoms with Crippen LogP contribution in [-0.2, 0) is 6.54 Å². The van der Waals surface area contributed by atoms with Gasteiger partial charge in [-0.3, -0.25) is 4.79 Å². The Morgan fingerprint density at radius 2 is 1.72 bits per heavy atom. The van der Waals surface area contributed by atoms with Gasteiger partial charge in [-0.1, -0.05) is 71.7 Å². The Kier molecular flexibility index (Phi) is 5.52. The molecule has 0 saturated carbocycles. The molecular weight excluding hydrogens is 403 g/mol. The molecule has 1 heterocycles. The third-order valence-electron chi connectivity index (χ3n) is 4.84. The second-order valence-corrected chi connectivity index (χ2v) is 7.65. The summed E-state index contributed by atoms with van der Waals surface area (Å²) in [5, 5.41) is 4.87. The van der Waals surface area contributed by atoms with Crippen molar-refractivity contribution >= 4 is 40.0 Å². The molecule has 1 N–H and O–H groups in total. The molecule has 29 heavy (non-hydrogen) atoms. The van der Waals surface area contributed by atoms with Crippen molar-refractivity contribution in [3.8, 4) is 11.3 Å². The van der Waals surface area contributed by atoms with Crippen LogP contribution in [0.5, 0.6) is 0 Å². The van der Waals surface area contributed by atoms with Crippen LogP contribution < -0.4 is 5.32 Å². The molecule has 3 aromatic carbocycles. The Hall–Kier alpha value is -2.88. The van der Waals surface area contributed by atoms with Crippen molar-refractivity contribution in [3.05, 3.63) is 99.5 Å². The first-order valence-electron chi connectivity index (χ1n) is 9.21. The second-order valence-electron chi connectivity index (χ2n) is 6.81. The molecule has 0 spiro atoms. The van der Waals surface area contributed by atoms with Crippen molar-refractivity contribution < 1.29 is 4.79 Å². The molecule has 0 atom stereocenters. The number of aryl methyl sites for hydroxylation is 1. The second kappa shape index (κ2) is 8.24. The van der Waals surface area contributed by atoms with Crippen LogP contribution in [0.1, 0.15) is 21.5 Å². The summed E-state index contributed by atoms with van der Waals surface area (Å²) in [7, 11) is 0. The van der Waals surface area contributed by atoms with E-state index in [0.717, 1.165) is 33.3 Å². The maximum Gasteiger partial charge on any atom is 0.252 e. The number of hydrogen-bond donors (Lipinski definition) is 1. The molecule has 0 aliphatic carbocycles. The fraction of sp³-hybridized carbons (Fsp3) is 0.0833. The number of rotatable bonds is 4. The number of hydrogen-bond acceptors (Lipinski definition) is 2. The lowest BCUT2D eigenvalue weighted by molar-refractivity contribution is 0.0952. The van der Waals surface area contributed by atoms with E-state index in [-0.39, 0.29) is 5.91 Å². The minimum absolute atomic E-state index is 0.176. The van der Waals surface area contributed by atoms with Gasteiger partial charge in [-0.05, 0) is 42.3 Å². The Labute approximate surface area is 179 Å². The molecule has 0 fully saturated rings. The van der Waals surface area contributed by atoms with Crippen molar-refractivity contribution in [1.29, 1.82) is 0 Å². The summed E-state index contributed by atoms with van der Waals surface area (Å²) >= 11 is 12.2. The van der Waals surface area contributed by atoms with E-state index in [9.17, 15) is 4.79 Å². The smallest absolute Gasteiger partial charge is 0.252 e. The number of nitrogens with one attached hydrogen (secondary N) is 1. The van der Waals surface area contributed by atoms with Gasteiger partial charge in [0, 0.05) is 27.5 Å². The molecule has 0 aliphatic heterocycles. The molecule has 4 aromatic rings. The lowest BCUT2D eigenvalue weighted by Crippen LogP contribution is -2.23. The Balaban J connectivity index is 1.72. The number of pyridine rings is 1. The van der Waals surface area contributed by atoms with Crippen LogP contribution in [-0.4, -0.2) is 10.9 Å². The van der Waals surface area contributed by atoms with Gasteiger partial charge in [0.25, 0.3) is 5.91 Å². The summed E-state index contributed by atoms with van der Waals surface area (Å²) < 4.78 is 0. The highest BCUT2D eigenvalue weighted by Gasteiger charge is 2.15. The standard InChI is InChI=1S/C24H18Cl2N2O/c1-15-6-2-3-7-18(15)23-13-20(19-8-4-5-9-22(19)28-23)24(29)27-14-16-10-11-17(25)12-21(16)26/h2-13H,14H2,1H3,(H,27,29). The van der Waals surface area contributed by atoms with E-state index in [0.29, 0.717) is 22.2 Å². The first-order chi connectivity index (χ1) is 14.0. The van der Waals surface area contributed by atoms with Crippen LogP contribution in [0.2, 0.25) is 10.0 Å². The van der Waals surface area contributed by atoms with Crippen LogP contribution in [0.4, 0.5) is 0 Å². The van der Waals surface area contributed by atoms with E-state index in [1.165, 1.54) is 0 Å². The van der Waals surface area contributed by atoms with Crippen molar-refractivity contribution in [1.82, 2.24) is 10.3 Å². The number of carbonyl (C=O) groups excluding carboxylic acids is 1. The van der Waals surface area contributed by atoms with Crippen LogP contribution >= 0.6 is 23.2 Å². The summed E-state index contributed by atoms with van der Waals surface area (Å²) in [6.45, 7) is 2.35. The minimum atomic E-state index is -0.176. The van der Waals surface area contributed by atoms with Gasteiger partial charge in [0.1, 0.15) is 0 Å². The van der Waals surface area contributed by atoms with Gasteiger partial charge < -0.3 is 5.32 Å². The lowest BCUT2D eigenvalue weighted by atomic mass is 10.0. The zero-order valence-electron chi connectivity index (χ0n) is 15.7. The summed E-state index contributed by atoms with van der Waals surface area (Å²) in [4.78, 5) is 17.8. The number of aromatic nitrogens is 1. The first kappa shape index (κ1) is 19.4. The number of fused-ring (bicyclic) bond motifs is 1. The normalized spacial score (nSPS) is 10.9. The third-order valence-corrected chi connectivity index (χ3v) is 5.42. The summed E-state index contributed by atoms with van der Waals surface area (Å²) in [5.74, 6) is -0.176. The molecule has 1 amide bonds. The first-order valence-corrected chi connectivity index (χ1v) is 9.96. The van der Waals surface area contributed by atoms with E-state index in [4.69, 9.17) is 28.2 Å². The predicted molar refractivity (Wildman–Crippen MR) is 120 cm³/mol. The maximum atomic E-state index is 13.1. The average Bonchev–Trinajstić information content (AvgIpc) is 2.72. The van der Waals surface area contributed by atoms with Gasteiger partial charge in [0.05, 0.1) is 16.8 Å². The van der Waals surface area contributed by atoms with Crippen LogP contribution in [0, 0.1) is 6.92 Å². The van der Waals surface area contributed by atoms with Crippen LogP contribution in [0.3, 0.4) is 0 Å². The van der Waals surface area contributed by atoms with Crippen molar-refractivity contribution in [3.63, 3.8) is 0 Å². The summed E-state index contributed by atoms with van der Waals surface area (Å²) in [6.07, 6.45) is 0. The predicted octanol–water partition coefficient (Wildman–Crippen LogP) is 6.45. The van der Waals surface area contributed by atoms with Gasteiger partial charge in [0.15, 0.2) is 0 Å². The van der Waals surface area contributed by atoms with Crippen molar-refractivity contribution in [2.24, 2.45) is 0 Å². The molecule has 0 aliphatic rings. The van der Waals surface area contributed by atoms with Crippen LogP contribution in [0.15, 0.2) is 72.8 Å². The molecule has 0 bridgehead atoms. The topological polar surface area (TPSA) is 42.0 Å². The van der Waals surface area contributed by atoms with Gasteiger partial charge in [0.2, 0.25) is 0 Å². The Morgan fingerprint density at radius 3 is 2.52 bits per heavy atom. The largest absolute Gasteiger partial charge is 0.348 e. The molecule has 0 saturated heterocycles. The van der Waals surface area contributed by atoms with Crippen LogP contribution in [0.25, 0.3) is 22.2 Å². The number of carbonyl (C=O) groups is 1. The SMILES string of the molecule is Cc1ccccc1-c1cc(C(=O)NCc2ccc(Cl)cc2Cl)c2ccccc2n1. The highest BCUT2D eigenvalue weighted by Crippen LogP contribution is 2.27. The fourth-order valence-electron chi connectivity index (χ4n) is 3.30. The highest BCUT2D eigenvalue weighted by molar-refractivity contribution is 6.35.